The van der Waals surface area contributed by atoms with Gasteiger partial charge in [-0.15, -0.1) is 0 Å². The third kappa shape index (κ3) is 2.59. The van der Waals surface area contributed by atoms with Crippen LogP contribution >= 0.6 is 15.9 Å². The third-order valence-electron chi connectivity index (χ3n) is 2.67. The zero-order chi connectivity index (χ0) is 13.3. The minimum Gasteiger partial charge on any atom is -0.265 e. The van der Waals surface area contributed by atoms with Crippen molar-refractivity contribution in [1.29, 1.82) is 0 Å². The highest BCUT2D eigenvalue weighted by Gasteiger charge is 2.10. The highest BCUT2D eigenvalue weighted by atomic mass is 79.9. The minimum absolute atomic E-state index is 0.0824. The number of benzene rings is 1. The summed E-state index contributed by atoms with van der Waals surface area (Å²) < 4.78 is 2.60. The van der Waals surface area contributed by atoms with E-state index in [-0.39, 0.29) is 5.69 Å². The summed E-state index contributed by atoms with van der Waals surface area (Å²) in [6.45, 7) is 4.52. The smallest absolute Gasteiger partial charge is 0.265 e. The normalized spacial score (nSPS) is 10.6. The van der Waals surface area contributed by atoms with Gasteiger partial charge in [0.1, 0.15) is 0 Å². The van der Waals surface area contributed by atoms with Gasteiger partial charge in [-0.25, -0.2) is 0 Å². The van der Waals surface area contributed by atoms with Crippen molar-refractivity contribution in [1.82, 2.24) is 9.78 Å². The van der Waals surface area contributed by atoms with Gasteiger partial charge >= 0.3 is 0 Å². The summed E-state index contributed by atoms with van der Waals surface area (Å²) >= 11 is 3.36. The summed E-state index contributed by atoms with van der Waals surface area (Å²) in [6.07, 6.45) is 0. The maximum Gasteiger partial charge on any atom is 0.270 e. The van der Waals surface area contributed by atoms with Crippen LogP contribution in [0.25, 0.3) is 0 Å². The maximum absolute atomic E-state index is 10.6. The lowest BCUT2D eigenvalue weighted by molar-refractivity contribution is -0.384. The van der Waals surface area contributed by atoms with Crippen molar-refractivity contribution in [3.63, 3.8) is 0 Å². The molecular weight excluding hydrogens is 298 g/mol. The molecule has 1 heterocycles. The van der Waals surface area contributed by atoms with Crippen molar-refractivity contribution in [2.75, 3.05) is 0 Å². The second-order valence-corrected chi connectivity index (χ2v) is 4.97. The number of halogens is 1. The first kappa shape index (κ1) is 12.8. The Morgan fingerprint density at radius 1 is 1.39 bits per heavy atom. The Balaban J connectivity index is 2.30. The molecule has 1 aromatic carbocycles. The molecule has 5 nitrogen and oxygen atoms in total. The fourth-order valence-corrected chi connectivity index (χ4v) is 2.27. The second-order valence-electron chi connectivity index (χ2n) is 4.12. The topological polar surface area (TPSA) is 61.0 Å². The quantitative estimate of drug-likeness (QED) is 0.646. The number of hydrogen-bond donors (Lipinski definition) is 0. The molecule has 0 aliphatic carbocycles. The lowest BCUT2D eigenvalue weighted by Crippen LogP contribution is -2.04. The largest absolute Gasteiger partial charge is 0.270 e. The Morgan fingerprint density at radius 2 is 2.11 bits per heavy atom. The Labute approximate surface area is 113 Å². The molecule has 18 heavy (non-hydrogen) atoms. The molecule has 6 heteroatoms. The summed E-state index contributed by atoms with van der Waals surface area (Å²) in [5.74, 6) is 0. The summed E-state index contributed by atoms with van der Waals surface area (Å²) in [5.41, 5.74) is 3.08. The molecule has 0 unspecified atom stereocenters. The SMILES string of the molecule is Cc1cc(C)n(Cc2ccc([N+](=O)[O-])cc2Br)n1. The number of nitro groups is 1. The van der Waals surface area contributed by atoms with Crippen LogP contribution in [-0.4, -0.2) is 14.7 Å². The summed E-state index contributed by atoms with van der Waals surface area (Å²) in [4.78, 5) is 10.2. The van der Waals surface area contributed by atoms with Gasteiger partial charge in [0.25, 0.3) is 5.69 Å². The first-order chi connectivity index (χ1) is 8.47. The molecular formula is C12H12BrN3O2. The molecule has 0 spiro atoms. The van der Waals surface area contributed by atoms with Crippen LogP contribution in [0.15, 0.2) is 28.7 Å². The van der Waals surface area contributed by atoms with Crippen molar-refractivity contribution in [3.05, 3.63) is 55.8 Å². The van der Waals surface area contributed by atoms with Gasteiger partial charge in [0, 0.05) is 22.3 Å². The van der Waals surface area contributed by atoms with Crippen LogP contribution in [0.3, 0.4) is 0 Å². The molecule has 0 fully saturated rings. The van der Waals surface area contributed by atoms with Gasteiger partial charge in [0.2, 0.25) is 0 Å². The summed E-state index contributed by atoms with van der Waals surface area (Å²) in [7, 11) is 0. The first-order valence-corrected chi connectivity index (χ1v) is 6.20. The number of nitrogens with zero attached hydrogens (tertiary/aromatic N) is 3. The van der Waals surface area contributed by atoms with Gasteiger partial charge in [-0.1, -0.05) is 15.9 Å². The highest BCUT2D eigenvalue weighted by molar-refractivity contribution is 9.10. The molecule has 1 aromatic heterocycles. The second kappa shape index (κ2) is 4.89. The third-order valence-corrected chi connectivity index (χ3v) is 3.41. The van der Waals surface area contributed by atoms with E-state index < -0.39 is 4.92 Å². The van der Waals surface area contributed by atoms with Crippen LogP contribution in [0.4, 0.5) is 5.69 Å². The first-order valence-electron chi connectivity index (χ1n) is 5.41. The molecule has 0 aliphatic rings. The summed E-state index contributed by atoms with van der Waals surface area (Å²) in [6, 6.07) is 6.77. The zero-order valence-electron chi connectivity index (χ0n) is 10.1. The minimum atomic E-state index is -0.405. The van der Waals surface area contributed by atoms with Crippen molar-refractivity contribution >= 4 is 21.6 Å². The average molecular weight is 310 g/mol. The number of aromatic nitrogens is 2. The van der Waals surface area contributed by atoms with E-state index in [1.165, 1.54) is 12.1 Å². The standard InChI is InChI=1S/C12H12BrN3O2/c1-8-5-9(2)15(14-8)7-10-3-4-11(16(17)18)6-12(10)13/h3-6H,7H2,1-2H3. The fourth-order valence-electron chi connectivity index (χ4n) is 1.77. The Morgan fingerprint density at radius 3 is 2.61 bits per heavy atom. The molecule has 0 bridgehead atoms. The number of rotatable bonds is 3. The van der Waals surface area contributed by atoms with Crippen LogP contribution in [0.5, 0.6) is 0 Å². The molecule has 94 valence electrons. The number of aryl methyl sites for hydroxylation is 2. The van der Waals surface area contributed by atoms with E-state index in [1.807, 2.05) is 24.6 Å². The van der Waals surface area contributed by atoms with E-state index in [0.29, 0.717) is 6.54 Å². The van der Waals surface area contributed by atoms with E-state index in [2.05, 4.69) is 21.0 Å². The van der Waals surface area contributed by atoms with E-state index in [9.17, 15) is 10.1 Å². The molecule has 0 atom stereocenters. The molecule has 0 saturated heterocycles. The van der Waals surface area contributed by atoms with Gasteiger partial charge < -0.3 is 0 Å². The monoisotopic (exact) mass is 309 g/mol. The molecule has 0 N–H and O–H groups in total. The molecule has 0 saturated carbocycles. The molecule has 0 radical (unpaired) electrons. The van der Waals surface area contributed by atoms with Crippen LogP contribution in [0.1, 0.15) is 17.0 Å². The lowest BCUT2D eigenvalue weighted by Gasteiger charge is -2.06. The van der Waals surface area contributed by atoms with E-state index in [4.69, 9.17) is 0 Å². The number of non-ortho nitro benzene ring substituents is 1. The average Bonchev–Trinajstić information content (AvgIpc) is 2.60. The number of nitro benzene ring substituents is 1. The van der Waals surface area contributed by atoms with E-state index in [0.717, 1.165) is 21.4 Å². The predicted octanol–water partition coefficient (Wildman–Crippen LogP) is 3.22. The fraction of sp³-hybridized carbons (Fsp3) is 0.250. The Bertz CT molecular complexity index is 607. The Hall–Kier alpha value is -1.69. The van der Waals surface area contributed by atoms with E-state index in [1.54, 1.807) is 6.07 Å². The maximum atomic E-state index is 10.6. The molecule has 0 amide bonds. The number of hydrogen-bond acceptors (Lipinski definition) is 3. The van der Waals surface area contributed by atoms with Gasteiger partial charge in [0.05, 0.1) is 17.2 Å². The highest BCUT2D eigenvalue weighted by Crippen LogP contribution is 2.24. The van der Waals surface area contributed by atoms with E-state index >= 15 is 0 Å². The summed E-state index contributed by atoms with van der Waals surface area (Å²) in [5, 5.41) is 15.0. The molecule has 2 rings (SSSR count). The Kier molecular flexibility index (Phi) is 3.47. The van der Waals surface area contributed by atoms with Gasteiger partial charge in [-0.3, -0.25) is 14.8 Å². The molecule has 0 aliphatic heterocycles. The van der Waals surface area contributed by atoms with Crippen LogP contribution in [0.2, 0.25) is 0 Å². The van der Waals surface area contributed by atoms with Crippen molar-refractivity contribution < 1.29 is 4.92 Å². The van der Waals surface area contributed by atoms with Crippen LogP contribution in [0, 0.1) is 24.0 Å². The van der Waals surface area contributed by atoms with Crippen molar-refractivity contribution in [2.24, 2.45) is 0 Å². The molecule has 2 aromatic rings. The van der Waals surface area contributed by atoms with Crippen molar-refractivity contribution in [3.8, 4) is 0 Å². The van der Waals surface area contributed by atoms with Gasteiger partial charge in [-0.05, 0) is 31.5 Å². The van der Waals surface area contributed by atoms with Gasteiger partial charge in [0.15, 0.2) is 0 Å². The lowest BCUT2D eigenvalue weighted by atomic mass is 10.2. The van der Waals surface area contributed by atoms with Crippen LogP contribution < -0.4 is 0 Å². The zero-order valence-corrected chi connectivity index (χ0v) is 11.6. The van der Waals surface area contributed by atoms with Crippen molar-refractivity contribution in [2.45, 2.75) is 20.4 Å². The van der Waals surface area contributed by atoms with Crippen LogP contribution in [-0.2, 0) is 6.54 Å². The van der Waals surface area contributed by atoms with Gasteiger partial charge in [-0.2, -0.15) is 5.10 Å². The predicted molar refractivity (Wildman–Crippen MR) is 71.6 cm³/mol.